The summed E-state index contributed by atoms with van der Waals surface area (Å²) < 4.78 is 0.111. The molecule has 0 saturated carbocycles. The van der Waals surface area contributed by atoms with Gasteiger partial charge in [0.2, 0.25) is 6.29 Å². The predicted molar refractivity (Wildman–Crippen MR) is 41.4 cm³/mol. The Bertz CT molecular complexity index is 114. The van der Waals surface area contributed by atoms with Gasteiger partial charge < -0.3 is 0 Å². The molecule has 0 aliphatic rings. The van der Waals surface area contributed by atoms with Crippen molar-refractivity contribution < 1.29 is 4.79 Å². The van der Waals surface area contributed by atoms with Crippen LogP contribution in [0.15, 0.2) is 23.2 Å². The van der Waals surface area contributed by atoms with Crippen LogP contribution in [-0.4, -0.2) is 6.29 Å². The van der Waals surface area contributed by atoms with E-state index in [1.165, 1.54) is 0 Å². The number of allylic oxidation sites excluding steroid dienone is 1. The molecule has 0 rings (SSSR count). The molecule has 0 aromatic rings. The average molecular weight is 166 g/mol. The van der Waals surface area contributed by atoms with E-state index in [0.29, 0.717) is 5.57 Å². The molecule has 0 amide bonds. The second-order valence-corrected chi connectivity index (χ2v) is 2.33. The van der Waals surface area contributed by atoms with Crippen LogP contribution in [0.5, 0.6) is 0 Å². The molecule has 0 saturated heterocycles. The van der Waals surface area contributed by atoms with Crippen LogP contribution in [0.25, 0.3) is 0 Å². The summed E-state index contributed by atoms with van der Waals surface area (Å²) in [6.07, 6.45) is 1.58. The zero-order chi connectivity index (χ0) is 7.86. The Balaban J connectivity index is 0. The normalized spacial score (nSPS) is 6.56. The van der Waals surface area contributed by atoms with Crippen molar-refractivity contribution in [3.63, 3.8) is 0 Å². The Morgan fingerprint density at radius 2 is 1.56 bits per heavy atom. The molecule has 0 aromatic heterocycles. The van der Waals surface area contributed by atoms with E-state index in [9.17, 15) is 4.79 Å². The van der Waals surface area contributed by atoms with Crippen LogP contribution in [0.2, 0.25) is 0 Å². The summed E-state index contributed by atoms with van der Waals surface area (Å²) >= 11 is 9.69. The third-order valence-corrected chi connectivity index (χ3v) is 0.174. The molecule has 0 spiro atoms. The fourth-order valence-corrected chi connectivity index (χ4v) is 0. The van der Waals surface area contributed by atoms with Gasteiger partial charge in [0.15, 0.2) is 0 Å². The van der Waals surface area contributed by atoms with Crippen molar-refractivity contribution in [3.05, 3.63) is 23.2 Å². The van der Waals surface area contributed by atoms with Gasteiger partial charge in [-0.05, 0) is 12.5 Å². The fraction of sp³-hybridized carbons (Fsp3) is 0.167. The molecule has 1 radical (unpaired) electrons. The second kappa shape index (κ2) is 7.73. The third-order valence-electron chi connectivity index (χ3n) is 0.174. The van der Waals surface area contributed by atoms with Crippen molar-refractivity contribution >= 4 is 29.5 Å². The summed E-state index contributed by atoms with van der Waals surface area (Å²) in [6.45, 7) is 7.94. The lowest BCUT2D eigenvalue weighted by molar-refractivity contribution is 0.562. The quantitative estimate of drug-likeness (QED) is 0.547. The maximum atomic E-state index is 9.28. The van der Waals surface area contributed by atoms with Gasteiger partial charge in [0.05, 0.1) is 4.49 Å². The lowest BCUT2D eigenvalue weighted by Gasteiger charge is -1.63. The number of hydrogen-bond donors (Lipinski definition) is 0. The largest absolute Gasteiger partial charge is 0.285 e. The van der Waals surface area contributed by atoms with Gasteiger partial charge >= 0.3 is 0 Å². The summed E-state index contributed by atoms with van der Waals surface area (Å²) in [5.74, 6) is 0. The molecule has 9 heavy (non-hydrogen) atoms. The number of halogens is 2. The van der Waals surface area contributed by atoms with Gasteiger partial charge in [-0.15, -0.1) is 0 Å². The SMILES string of the molecule is C=C(C)[C]=O.C=C(Cl)Cl. The summed E-state index contributed by atoms with van der Waals surface area (Å²) in [4.78, 5) is 9.28. The lowest BCUT2D eigenvalue weighted by atomic mass is 10.4. The topological polar surface area (TPSA) is 17.1 Å². The Kier molecular flexibility index (Phi) is 9.89. The van der Waals surface area contributed by atoms with Crippen LogP contribution in [0.3, 0.4) is 0 Å². The first-order chi connectivity index (χ1) is 4.00. The van der Waals surface area contributed by atoms with Crippen molar-refractivity contribution in [2.45, 2.75) is 6.92 Å². The highest BCUT2D eigenvalue weighted by Crippen LogP contribution is 1.98. The van der Waals surface area contributed by atoms with Crippen molar-refractivity contribution in [1.82, 2.24) is 0 Å². The second-order valence-electron chi connectivity index (χ2n) is 1.22. The number of rotatable bonds is 1. The minimum Gasteiger partial charge on any atom is -0.285 e. The molecule has 0 aromatic carbocycles. The zero-order valence-electron chi connectivity index (χ0n) is 5.08. The van der Waals surface area contributed by atoms with Gasteiger partial charge in [-0.25, -0.2) is 0 Å². The van der Waals surface area contributed by atoms with Crippen LogP contribution < -0.4 is 0 Å². The van der Waals surface area contributed by atoms with Crippen molar-refractivity contribution in [2.75, 3.05) is 0 Å². The molecule has 0 N–H and O–H groups in total. The van der Waals surface area contributed by atoms with Crippen LogP contribution in [0.1, 0.15) is 6.92 Å². The first-order valence-electron chi connectivity index (χ1n) is 2.04. The Labute approximate surface area is 65.0 Å². The molecule has 3 heteroatoms. The molecule has 0 aliphatic heterocycles. The maximum absolute atomic E-state index is 9.28. The molecule has 0 aliphatic carbocycles. The fourth-order valence-electron chi connectivity index (χ4n) is 0. The highest BCUT2D eigenvalue weighted by Gasteiger charge is 1.69. The maximum Gasteiger partial charge on any atom is 0.228 e. The minimum absolute atomic E-state index is 0.111. The smallest absolute Gasteiger partial charge is 0.228 e. The number of carbonyl (C=O) groups excluding carboxylic acids is 1. The van der Waals surface area contributed by atoms with Gasteiger partial charge in [0, 0.05) is 0 Å². The Morgan fingerprint density at radius 1 is 1.44 bits per heavy atom. The van der Waals surface area contributed by atoms with E-state index in [1.807, 2.05) is 0 Å². The predicted octanol–water partition coefficient (Wildman–Crippen LogP) is 2.61. The van der Waals surface area contributed by atoms with Crippen molar-refractivity contribution in [1.29, 1.82) is 0 Å². The van der Waals surface area contributed by atoms with E-state index in [4.69, 9.17) is 23.2 Å². The number of hydrogen-bond acceptors (Lipinski definition) is 1. The van der Waals surface area contributed by atoms with Gasteiger partial charge in [0.1, 0.15) is 0 Å². The lowest BCUT2D eigenvalue weighted by Crippen LogP contribution is -1.64. The zero-order valence-corrected chi connectivity index (χ0v) is 6.59. The minimum atomic E-state index is 0.111. The first kappa shape index (κ1) is 11.5. The van der Waals surface area contributed by atoms with Crippen LogP contribution in [0.4, 0.5) is 0 Å². The van der Waals surface area contributed by atoms with E-state index in [0.717, 1.165) is 0 Å². The molecule has 0 heterocycles. The van der Waals surface area contributed by atoms with E-state index >= 15 is 0 Å². The Hall–Kier alpha value is -0.270. The first-order valence-corrected chi connectivity index (χ1v) is 2.80. The van der Waals surface area contributed by atoms with Crippen LogP contribution in [-0.2, 0) is 4.79 Å². The Morgan fingerprint density at radius 3 is 1.56 bits per heavy atom. The van der Waals surface area contributed by atoms with Crippen molar-refractivity contribution in [2.24, 2.45) is 0 Å². The molecule has 0 unspecified atom stereocenters. The molecule has 51 valence electrons. The summed E-state index contributed by atoms with van der Waals surface area (Å²) in [5.41, 5.74) is 0.449. The monoisotopic (exact) mass is 165 g/mol. The highest BCUT2D eigenvalue weighted by molar-refractivity contribution is 6.55. The molecule has 0 bridgehead atoms. The van der Waals surface area contributed by atoms with Gasteiger partial charge in [0.25, 0.3) is 0 Å². The molecule has 1 nitrogen and oxygen atoms in total. The van der Waals surface area contributed by atoms with Crippen LogP contribution in [0, 0.1) is 0 Å². The molecular formula is C6H7Cl2O. The van der Waals surface area contributed by atoms with Gasteiger partial charge in [-0.3, -0.25) is 4.79 Å². The standard InChI is InChI=1S/C4H5O.C2H2Cl2/c1-4(2)3-5;1-2(3)4/h1H2,2H3;1H2. The summed E-state index contributed by atoms with van der Waals surface area (Å²) in [5, 5.41) is 0. The summed E-state index contributed by atoms with van der Waals surface area (Å²) in [6, 6.07) is 0. The molecular weight excluding hydrogens is 159 g/mol. The molecule has 0 atom stereocenters. The third kappa shape index (κ3) is 84.8. The highest BCUT2D eigenvalue weighted by atomic mass is 35.5. The summed E-state index contributed by atoms with van der Waals surface area (Å²) in [7, 11) is 0. The van der Waals surface area contributed by atoms with Crippen molar-refractivity contribution in [3.8, 4) is 0 Å². The van der Waals surface area contributed by atoms with E-state index < -0.39 is 0 Å². The molecule has 0 fully saturated rings. The average Bonchev–Trinajstić information content (AvgIpc) is 1.65. The van der Waals surface area contributed by atoms with Crippen LogP contribution >= 0.6 is 23.2 Å². The van der Waals surface area contributed by atoms with E-state index in [1.54, 1.807) is 13.2 Å². The van der Waals surface area contributed by atoms with Gasteiger partial charge in [-0.1, -0.05) is 36.4 Å². The van der Waals surface area contributed by atoms with E-state index in [2.05, 4.69) is 13.2 Å². The van der Waals surface area contributed by atoms with Gasteiger partial charge in [-0.2, -0.15) is 0 Å². The van der Waals surface area contributed by atoms with E-state index in [-0.39, 0.29) is 4.49 Å².